The third kappa shape index (κ3) is 3.11. The smallest absolute Gasteiger partial charge is 0.240 e. The quantitative estimate of drug-likeness (QED) is 0.824. The molecule has 1 aliphatic heterocycles. The number of hydrogen-bond acceptors (Lipinski definition) is 3. The minimum Gasteiger partial charge on any atom is -0.497 e. The number of amides is 2. The molecule has 1 spiro atoms. The molecule has 23 heavy (non-hydrogen) atoms. The number of rotatable bonds is 5. The molecule has 2 fully saturated rings. The summed E-state index contributed by atoms with van der Waals surface area (Å²) >= 11 is 0. The van der Waals surface area contributed by atoms with Gasteiger partial charge < -0.3 is 9.64 Å². The van der Waals surface area contributed by atoms with Crippen LogP contribution < -0.4 is 9.64 Å². The largest absolute Gasteiger partial charge is 0.497 e. The van der Waals surface area contributed by atoms with Crippen LogP contribution in [0.5, 0.6) is 5.75 Å². The number of imide groups is 1. The Morgan fingerprint density at radius 2 is 1.83 bits per heavy atom. The van der Waals surface area contributed by atoms with Crippen LogP contribution in [0.2, 0.25) is 0 Å². The molecule has 1 saturated carbocycles. The number of likely N-dealkylation sites (tertiary alicyclic amines) is 1. The highest BCUT2D eigenvalue weighted by molar-refractivity contribution is 6.05. The Labute approximate surface area is 137 Å². The molecule has 1 aromatic carbocycles. The molecule has 2 aliphatic rings. The Morgan fingerprint density at radius 3 is 2.43 bits per heavy atom. The minimum absolute atomic E-state index is 0.00554. The summed E-state index contributed by atoms with van der Waals surface area (Å²) in [4.78, 5) is 27.6. The molecule has 124 valence electrons. The third-order valence-corrected chi connectivity index (χ3v) is 5.14. The molecule has 0 aromatic heterocycles. The normalized spacial score (nSPS) is 21.2. The predicted molar refractivity (Wildman–Crippen MR) is 85.8 cm³/mol. The molecule has 3 rings (SSSR count). The standard InChI is InChI=1S/C18H24N2O3/c1-19(12-14-5-7-15(23-2)8-6-14)13-20-16(21)11-18(17(20)22)9-3-4-10-18/h5-8H,3-4,9-13H2,1-2H3/p+1. The van der Waals surface area contributed by atoms with E-state index in [1.54, 1.807) is 7.11 Å². The summed E-state index contributed by atoms with van der Waals surface area (Å²) in [7, 11) is 3.67. The number of carbonyl (C=O) groups excluding carboxylic acids is 2. The van der Waals surface area contributed by atoms with Crippen LogP contribution >= 0.6 is 0 Å². The monoisotopic (exact) mass is 317 g/mol. The lowest BCUT2D eigenvalue weighted by Crippen LogP contribution is -3.09. The van der Waals surface area contributed by atoms with Crippen molar-refractivity contribution in [3.05, 3.63) is 29.8 Å². The lowest BCUT2D eigenvalue weighted by Gasteiger charge is -2.23. The number of ether oxygens (including phenoxy) is 1. The number of carbonyl (C=O) groups is 2. The van der Waals surface area contributed by atoms with E-state index in [2.05, 4.69) is 0 Å². The fourth-order valence-electron chi connectivity index (χ4n) is 3.88. The highest BCUT2D eigenvalue weighted by Crippen LogP contribution is 2.46. The van der Waals surface area contributed by atoms with E-state index < -0.39 is 0 Å². The fraction of sp³-hybridized carbons (Fsp3) is 0.556. The van der Waals surface area contributed by atoms with E-state index in [1.165, 1.54) is 4.90 Å². The first-order chi connectivity index (χ1) is 11.0. The molecule has 1 unspecified atom stereocenters. The summed E-state index contributed by atoms with van der Waals surface area (Å²) in [6.07, 6.45) is 4.32. The number of quaternary nitrogens is 1. The van der Waals surface area contributed by atoms with Crippen molar-refractivity contribution in [3.63, 3.8) is 0 Å². The molecule has 1 aliphatic carbocycles. The Morgan fingerprint density at radius 1 is 1.17 bits per heavy atom. The van der Waals surface area contributed by atoms with E-state index in [0.29, 0.717) is 13.1 Å². The molecule has 5 heteroatoms. The third-order valence-electron chi connectivity index (χ3n) is 5.14. The lowest BCUT2D eigenvalue weighted by molar-refractivity contribution is -0.901. The van der Waals surface area contributed by atoms with Gasteiger partial charge in [-0.3, -0.25) is 9.59 Å². The van der Waals surface area contributed by atoms with Crippen LogP contribution in [0.15, 0.2) is 24.3 Å². The van der Waals surface area contributed by atoms with Crippen molar-refractivity contribution in [3.8, 4) is 5.75 Å². The van der Waals surface area contributed by atoms with E-state index in [1.807, 2.05) is 31.3 Å². The second kappa shape index (κ2) is 6.32. The first-order valence-electron chi connectivity index (χ1n) is 8.33. The zero-order chi connectivity index (χ0) is 16.4. The maximum atomic E-state index is 12.7. The average Bonchev–Trinajstić information content (AvgIpc) is 3.09. The van der Waals surface area contributed by atoms with Crippen molar-refractivity contribution in [1.29, 1.82) is 0 Å². The van der Waals surface area contributed by atoms with Gasteiger partial charge in [0.1, 0.15) is 12.3 Å². The van der Waals surface area contributed by atoms with Crippen molar-refractivity contribution in [1.82, 2.24) is 4.90 Å². The van der Waals surface area contributed by atoms with Gasteiger partial charge in [0.2, 0.25) is 11.8 Å². The zero-order valence-electron chi connectivity index (χ0n) is 13.9. The second-order valence-electron chi connectivity index (χ2n) is 6.93. The van der Waals surface area contributed by atoms with Gasteiger partial charge in [0.25, 0.3) is 0 Å². The maximum absolute atomic E-state index is 12.7. The first-order valence-corrected chi connectivity index (χ1v) is 8.33. The Bertz CT molecular complexity index is 591. The molecule has 1 heterocycles. The highest BCUT2D eigenvalue weighted by Gasteiger charge is 2.53. The van der Waals surface area contributed by atoms with Gasteiger partial charge in [-0.15, -0.1) is 0 Å². The van der Waals surface area contributed by atoms with E-state index >= 15 is 0 Å². The fourth-order valence-corrected chi connectivity index (χ4v) is 3.88. The second-order valence-corrected chi connectivity index (χ2v) is 6.93. The number of nitrogens with one attached hydrogen (secondary N) is 1. The number of hydrogen-bond donors (Lipinski definition) is 1. The summed E-state index contributed by atoms with van der Waals surface area (Å²) in [6.45, 7) is 1.22. The van der Waals surface area contributed by atoms with E-state index in [4.69, 9.17) is 4.74 Å². The van der Waals surface area contributed by atoms with Crippen molar-refractivity contribution in [2.75, 3.05) is 20.8 Å². The SMILES string of the molecule is COc1ccc(C[NH+](C)CN2C(=O)CC3(CCCC3)C2=O)cc1. The van der Waals surface area contributed by atoms with Crippen molar-refractivity contribution >= 4 is 11.8 Å². The molecule has 5 nitrogen and oxygen atoms in total. The van der Waals surface area contributed by atoms with Crippen molar-refractivity contribution < 1.29 is 19.2 Å². The predicted octanol–water partition coefficient (Wildman–Crippen LogP) is 0.987. The van der Waals surface area contributed by atoms with Gasteiger partial charge in [0, 0.05) is 12.0 Å². The molecular formula is C18H25N2O3+. The summed E-state index contributed by atoms with van der Waals surface area (Å²) in [6, 6.07) is 7.91. The summed E-state index contributed by atoms with van der Waals surface area (Å²) < 4.78 is 5.16. The number of nitrogens with zero attached hydrogens (tertiary/aromatic N) is 1. The van der Waals surface area contributed by atoms with Gasteiger partial charge in [-0.2, -0.15) is 0 Å². The van der Waals surface area contributed by atoms with Crippen LogP contribution in [0.3, 0.4) is 0 Å². The van der Waals surface area contributed by atoms with E-state index in [9.17, 15) is 9.59 Å². The van der Waals surface area contributed by atoms with Gasteiger partial charge >= 0.3 is 0 Å². The van der Waals surface area contributed by atoms with Gasteiger partial charge in [-0.05, 0) is 37.1 Å². The lowest BCUT2D eigenvalue weighted by atomic mass is 9.85. The van der Waals surface area contributed by atoms with E-state index in [0.717, 1.165) is 48.4 Å². The Hall–Kier alpha value is -1.88. The van der Waals surface area contributed by atoms with Gasteiger partial charge in [-0.25, -0.2) is 4.90 Å². The highest BCUT2D eigenvalue weighted by atomic mass is 16.5. The molecule has 1 atom stereocenters. The summed E-state index contributed by atoms with van der Waals surface area (Å²) in [5.74, 6) is 0.902. The van der Waals surface area contributed by atoms with Crippen LogP contribution in [-0.2, 0) is 16.1 Å². The molecule has 1 aromatic rings. The average molecular weight is 317 g/mol. The maximum Gasteiger partial charge on any atom is 0.240 e. The van der Waals surface area contributed by atoms with Gasteiger partial charge in [0.15, 0.2) is 6.67 Å². The van der Waals surface area contributed by atoms with Gasteiger partial charge in [0.05, 0.1) is 19.6 Å². The van der Waals surface area contributed by atoms with Crippen LogP contribution in [0.25, 0.3) is 0 Å². The van der Waals surface area contributed by atoms with Crippen LogP contribution in [-0.4, -0.2) is 37.5 Å². The van der Waals surface area contributed by atoms with E-state index in [-0.39, 0.29) is 17.2 Å². The summed E-state index contributed by atoms with van der Waals surface area (Å²) in [5, 5.41) is 0. The topological polar surface area (TPSA) is 51.1 Å². The van der Waals surface area contributed by atoms with Crippen molar-refractivity contribution in [2.45, 2.75) is 38.6 Å². The Balaban J connectivity index is 1.61. The van der Waals surface area contributed by atoms with Gasteiger partial charge in [-0.1, -0.05) is 12.8 Å². The Kier molecular flexibility index (Phi) is 4.39. The molecule has 0 bridgehead atoms. The first kappa shape index (κ1) is 16.0. The number of methoxy groups -OCH3 is 1. The molecule has 1 N–H and O–H groups in total. The summed E-state index contributed by atoms with van der Waals surface area (Å²) in [5.41, 5.74) is 0.801. The molecule has 0 radical (unpaired) electrons. The van der Waals surface area contributed by atoms with Crippen LogP contribution in [0, 0.1) is 5.41 Å². The molecule has 1 saturated heterocycles. The molecular weight excluding hydrogens is 292 g/mol. The molecule has 2 amide bonds. The van der Waals surface area contributed by atoms with Crippen LogP contribution in [0.4, 0.5) is 0 Å². The zero-order valence-corrected chi connectivity index (χ0v) is 13.9. The van der Waals surface area contributed by atoms with Crippen molar-refractivity contribution in [2.24, 2.45) is 5.41 Å². The number of benzene rings is 1. The minimum atomic E-state index is -0.364. The van der Waals surface area contributed by atoms with Crippen LogP contribution in [0.1, 0.15) is 37.7 Å².